The van der Waals surface area contributed by atoms with Gasteiger partial charge >= 0.3 is 0 Å². The summed E-state index contributed by atoms with van der Waals surface area (Å²) in [6, 6.07) is 6.95. The third-order valence-corrected chi connectivity index (χ3v) is 4.57. The molecule has 6 nitrogen and oxygen atoms in total. The normalized spacial score (nSPS) is 12.7. The van der Waals surface area contributed by atoms with Crippen molar-refractivity contribution in [2.75, 3.05) is 5.32 Å². The molecule has 2 aromatic rings. The number of hydrogen-bond donors (Lipinski definition) is 2. The zero-order valence-corrected chi connectivity index (χ0v) is 16.0. The van der Waals surface area contributed by atoms with E-state index >= 15 is 0 Å². The maximum atomic E-state index is 12.5. The van der Waals surface area contributed by atoms with Gasteiger partial charge in [-0.15, -0.1) is 5.10 Å². The number of Topliss-reactive ketones (excluding diaryl/α,β-unsaturated/α-hetero) is 1. The molecule has 1 aromatic heterocycles. The van der Waals surface area contributed by atoms with Gasteiger partial charge in [0.1, 0.15) is 5.82 Å². The molecule has 0 spiro atoms. The van der Waals surface area contributed by atoms with Gasteiger partial charge in [-0.2, -0.15) is 0 Å². The molecule has 25 heavy (non-hydrogen) atoms. The van der Waals surface area contributed by atoms with Crippen molar-refractivity contribution >= 4 is 29.1 Å². The van der Waals surface area contributed by atoms with E-state index in [4.69, 9.17) is 0 Å². The maximum absolute atomic E-state index is 12.5. The molecule has 0 aliphatic carbocycles. The second-order valence-electron chi connectivity index (χ2n) is 6.82. The quantitative estimate of drug-likeness (QED) is 0.605. The first-order chi connectivity index (χ1) is 11.7. The third-order valence-electron chi connectivity index (χ3n) is 3.61. The minimum absolute atomic E-state index is 0.00143. The highest BCUT2D eigenvalue weighted by molar-refractivity contribution is 8.00. The summed E-state index contributed by atoms with van der Waals surface area (Å²) in [5, 5.41) is 10.1. The van der Waals surface area contributed by atoms with Crippen LogP contribution in [0.1, 0.15) is 50.8 Å². The molecule has 1 atom stereocenters. The molecule has 134 valence electrons. The number of aromatic nitrogens is 3. The van der Waals surface area contributed by atoms with Crippen LogP contribution in [0.15, 0.2) is 29.4 Å². The Morgan fingerprint density at radius 3 is 2.40 bits per heavy atom. The van der Waals surface area contributed by atoms with Crippen LogP contribution in [0.2, 0.25) is 0 Å². The largest absolute Gasteiger partial charge is 0.326 e. The van der Waals surface area contributed by atoms with Gasteiger partial charge < -0.3 is 5.32 Å². The third kappa shape index (κ3) is 5.16. The van der Waals surface area contributed by atoms with Crippen molar-refractivity contribution in [2.45, 2.75) is 51.4 Å². The molecule has 0 bridgehead atoms. The Labute approximate surface area is 152 Å². The van der Waals surface area contributed by atoms with E-state index in [1.165, 1.54) is 11.8 Å². The fourth-order valence-electron chi connectivity index (χ4n) is 1.97. The number of nitrogens with one attached hydrogen (secondary N) is 2. The highest BCUT2D eigenvalue weighted by atomic mass is 32.2. The number of nitrogens with zero attached hydrogens (tertiary/aromatic N) is 2. The summed E-state index contributed by atoms with van der Waals surface area (Å²) in [4.78, 5) is 28.8. The van der Waals surface area contributed by atoms with Crippen LogP contribution >= 0.6 is 11.8 Å². The van der Waals surface area contributed by atoms with Crippen molar-refractivity contribution in [1.29, 1.82) is 0 Å². The molecule has 1 heterocycles. The Balaban J connectivity index is 2.00. The Morgan fingerprint density at radius 2 is 1.88 bits per heavy atom. The number of carbonyl (C=O) groups is 2. The number of benzene rings is 1. The molecular formula is C18H24N4O2S. The lowest BCUT2D eigenvalue weighted by molar-refractivity contribution is -0.123. The number of anilines is 1. The number of carbonyl (C=O) groups excluding carboxylic acids is 2. The lowest BCUT2D eigenvalue weighted by Crippen LogP contribution is -2.27. The fourth-order valence-corrected chi connectivity index (χ4v) is 2.79. The van der Waals surface area contributed by atoms with Gasteiger partial charge in [-0.1, -0.05) is 39.5 Å². The second kappa shape index (κ2) is 7.82. The van der Waals surface area contributed by atoms with Crippen LogP contribution in [-0.4, -0.2) is 32.1 Å². The molecule has 2 rings (SSSR count). The molecule has 1 amide bonds. The van der Waals surface area contributed by atoms with Gasteiger partial charge in [-0.3, -0.25) is 14.7 Å². The highest BCUT2D eigenvalue weighted by Gasteiger charge is 2.22. The van der Waals surface area contributed by atoms with Gasteiger partial charge in [-0.05, 0) is 31.2 Å². The highest BCUT2D eigenvalue weighted by Crippen LogP contribution is 2.24. The number of hydrogen-bond acceptors (Lipinski definition) is 5. The smallest absolute Gasteiger partial charge is 0.229 e. The monoisotopic (exact) mass is 360 g/mol. The van der Waals surface area contributed by atoms with Crippen LogP contribution < -0.4 is 5.32 Å². The SMILES string of the molecule is CCc1nc(SC(C)C(=O)c2ccc(NC(=O)C(C)(C)C)cc2)n[nH]1. The standard InChI is InChI=1S/C18H24N4O2S/c1-6-14-20-17(22-21-14)25-11(2)15(23)12-7-9-13(10-8-12)19-16(24)18(3,4)5/h7-11H,6H2,1-5H3,(H,19,24)(H,20,21,22). The number of ketones is 1. The van der Waals surface area contributed by atoms with E-state index in [0.717, 1.165) is 12.2 Å². The molecule has 0 saturated carbocycles. The van der Waals surface area contributed by atoms with E-state index in [2.05, 4.69) is 20.5 Å². The second-order valence-corrected chi connectivity index (χ2v) is 8.13. The van der Waals surface area contributed by atoms with E-state index in [-0.39, 0.29) is 16.9 Å². The first-order valence-corrected chi connectivity index (χ1v) is 9.12. The predicted octanol–water partition coefficient (Wildman–Crippen LogP) is 3.72. The van der Waals surface area contributed by atoms with Crippen LogP contribution in [0.25, 0.3) is 0 Å². The van der Waals surface area contributed by atoms with Crippen molar-refractivity contribution in [2.24, 2.45) is 5.41 Å². The fraction of sp³-hybridized carbons (Fsp3) is 0.444. The number of rotatable bonds is 6. The Morgan fingerprint density at radius 1 is 1.24 bits per heavy atom. The molecular weight excluding hydrogens is 336 g/mol. The van der Waals surface area contributed by atoms with Gasteiger partial charge in [0.15, 0.2) is 5.78 Å². The summed E-state index contributed by atoms with van der Waals surface area (Å²) in [7, 11) is 0. The van der Waals surface area contributed by atoms with Gasteiger partial charge in [0.25, 0.3) is 0 Å². The van der Waals surface area contributed by atoms with Crippen molar-refractivity contribution in [3.05, 3.63) is 35.7 Å². The first kappa shape index (κ1) is 19.2. The topological polar surface area (TPSA) is 87.7 Å². The van der Waals surface area contributed by atoms with Crippen molar-refractivity contribution in [1.82, 2.24) is 15.2 Å². The lowest BCUT2D eigenvalue weighted by Gasteiger charge is -2.17. The van der Waals surface area contributed by atoms with Crippen LogP contribution in [-0.2, 0) is 11.2 Å². The minimum atomic E-state index is -0.465. The van der Waals surface area contributed by atoms with E-state index in [1.807, 2.05) is 34.6 Å². The average molecular weight is 360 g/mol. The number of thioether (sulfide) groups is 1. The summed E-state index contributed by atoms with van der Waals surface area (Å²) in [5.41, 5.74) is 0.812. The molecule has 2 N–H and O–H groups in total. The molecule has 0 radical (unpaired) electrons. The molecule has 0 aliphatic heterocycles. The number of amides is 1. The Kier molecular flexibility index (Phi) is 6.00. The van der Waals surface area contributed by atoms with Crippen LogP contribution in [0.5, 0.6) is 0 Å². The summed E-state index contributed by atoms with van der Waals surface area (Å²) in [5.74, 6) is 0.745. The van der Waals surface area contributed by atoms with E-state index in [9.17, 15) is 9.59 Å². The van der Waals surface area contributed by atoms with Crippen molar-refractivity contribution < 1.29 is 9.59 Å². The lowest BCUT2D eigenvalue weighted by atomic mass is 9.95. The van der Waals surface area contributed by atoms with Crippen LogP contribution in [0.4, 0.5) is 5.69 Å². The van der Waals surface area contributed by atoms with Crippen molar-refractivity contribution in [3.8, 4) is 0 Å². The number of H-pyrrole nitrogens is 1. The number of aryl methyl sites for hydroxylation is 1. The van der Waals surface area contributed by atoms with Crippen molar-refractivity contribution in [3.63, 3.8) is 0 Å². The molecule has 0 saturated heterocycles. The molecule has 1 unspecified atom stereocenters. The first-order valence-electron chi connectivity index (χ1n) is 8.24. The summed E-state index contributed by atoms with van der Waals surface area (Å²) in [6.45, 7) is 9.39. The molecule has 1 aromatic carbocycles. The summed E-state index contributed by atoms with van der Waals surface area (Å²) >= 11 is 1.33. The zero-order chi connectivity index (χ0) is 18.6. The minimum Gasteiger partial charge on any atom is -0.326 e. The van der Waals surface area contributed by atoms with E-state index in [0.29, 0.717) is 16.4 Å². The van der Waals surface area contributed by atoms with E-state index in [1.54, 1.807) is 24.3 Å². The van der Waals surface area contributed by atoms with Gasteiger partial charge in [0, 0.05) is 23.1 Å². The molecule has 0 aliphatic rings. The van der Waals surface area contributed by atoms with Gasteiger partial charge in [-0.25, -0.2) is 4.98 Å². The molecule has 7 heteroatoms. The van der Waals surface area contributed by atoms with Crippen LogP contribution in [0, 0.1) is 5.41 Å². The summed E-state index contributed by atoms with van der Waals surface area (Å²) < 4.78 is 0. The predicted molar refractivity (Wildman–Crippen MR) is 99.9 cm³/mol. The maximum Gasteiger partial charge on any atom is 0.229 e. The van der Waals surface area contributed by atoms with Gasteiger partial charge in [0.2, 0.25) is 11.1 Å². The number of aromatic amines is 1. The molecule has 0 fully saturated rings. The summed E-state index contributed by atoms with van der Waals surface area (Å²) in [6.07, 6.45) is 0.775. The van der Waals surface area contributed by atoms with E-state index < -0.39 is 5.41 Å². The Bertz CT molecular complexity index is 747. The van der Waals surface area contributed by atoms with Gasteiger partial charge in [0.05, 0.1) is 5.25 Å². The average Bonchev–Trinajstić information content (AvgIpc) is 3.01. The Hall–Kier alpha value is -2.15. The van der Waals surface area contributed by atoms with Crippen LogP contribution in [0.3, 0.4) is 0 Å². The zero-order valence-electron chi connectivity index (χ0n) is 15.2.